The van der Waals surface area contributed by atoms with Crippen LogP contribution in [-0.4, -0.2) is 41.3 Å². The van der Waals surface area contributed by atoms with Crippen LogP contribution in [0, 0.1) is 5.92 Å². The minimum Gasteiger partial charge on any atom is -0.466 e. The Morgan fingerprint density at radius 3 is 2.00 bits per heavy atom. The predicted molar refractivity (Wildman–Crippen MR) is 151 cm³/mol. The van der Waals surface area contributed by atoms with Crippen molar-refractivity contribution in [2.75, 3.05) is 18.5 Å². The summed E-state index contributed by atoms with van der Waals surface area (Å²) in [6, 6.07) is 28.1. The Bertz CT molecular complexity index is 1180. The van der Waals surface area contributed by atoms with Crippen LogP contribution in [0.1, 0.15) is 23.6 Å². The molecule has 0 aromatic heterocycles. The Kier molecular flexibility index (Phi) is 11.9. The van der Waals surface area contributed by atoms with Gasteiger partial charge >= 0.3 is 12.1 Å². The van der Waals surface area contributed by atoms with E-state index in [1.165, 1.54) is 11.8 Å². The van der Waals surface area contributed by atoms with Gasteiger partial charge in [0.25, 0.3) is 0 Å². The van der Waals surface area contributed by atoms with E-state index in [2.05, 4.69) is 5.32 Å². The molecule has 3 atom stereocenters. The van der Waals surface area contributed by atoms with Crippen molar-refractivity contribution in [1.82, 2.24) is 5.32 Å². The topological polar surface area (TPSA) is 102 Å². The van der Waals surface area contributed by atoms with Gasteiger partial charge in [0.2, 0.25) is 7.37 Å². The summed E-state index contributed by atoms with van der Waals surface area (Å²) in [5, 5.41) is 2.60. The number of benzene rings is 3. The molecule has 0 aliphatic heterocycles. The van der Waals surface area contributed by atoms with Crippen molar-refractivity contribution in [3.63, 3.8) is 0 Å². The van der Waals surface area contributed by atoms with E-state index in [1.807, 2.05) is 91.0 Å². The number of carbonyl (C=O) groups excluding carboxylic acids is 2. The molecule has 3 aromatic carbocycles. The van der Waals surface area contributed by atoms with Crippen molar-refractivity contribution in [2.24, 2.45) is 5.92 Å². The molecule has 0 aliphatic carbocycles. The molecule has 2 N–H and O–H groups in total. The van der Waals surface area contributed by atoms with Crippen LogP contribution in [-0.2, 0) is 37.6 Å². The maximum absolute atomic E-state index is 13.7. The minimum atomic E-state index is -4.09. The predicted octanol–water partition coefficient (Wildman–Crippen LogP) is 5.86. The third-order valence-corrected chi connectivity index (χ3v) is 9.21. The van der Waals surface area contributed by atoms with E-state index in [9.17, 15) is 19.0 Å². The van der Waals surface area contributed by atoms with E-state index in [1.54, 1.807) is 6.92 Å². The summed E-state index contributed by atoms with van der Waals surface area (Å²) in [5.74, 6) is -1.49. The molecule has 7 nitrogen and oxygen atoms in total. The van der Waals surface area contributed by atoms with Gasteiger partial charge in [0.1, 0.15) is 12.4 Å². The van der Waals surface area contributed by atoms with Crippen molar-refractivity contribution >= 4 is 31.2 Å². The van der Waals surface area contributed by atoms with Crippen LogP contribution >= 0.6 is 19.1 Å². The molecule has 3 rings (SSSR count). The zero-order valence-corrected chi connectivity index (χ0v) is 23.1. The molecule has 0 saturated heterocycles. The fraction of sp³-hybridized carbons (Fsp3) is 0.310. The van der Waals surface area contributed by atoms with E-state index in [4.69, 9.17) is 9.47 Å². The number of thioether (sulfide) groups is 1. The molecule has 0 aliphatic rings. The molecular formula is C29H34NO6PS. The van der Waals surface area contributed by atoms with Gasteiger partial charge in [0, 0.05) is 24.1 Å². The molecule has 0 radical (unpaired) electrons. The van der Waals surface area contributed by atoms with Gasteiger partial charge in [-0.05, 0) is 23.6 Å². The second kappa shape index (κ2) is 15.4. The summed E-state index contributed by atoms with van der Waals surface area (Å²) < 4.78 is 24.3. The van der Waals surface area contributed by atoms with Gasteiger partial charge in [-0.3, -0.25) is 9.36 Å². The highest BCUT2D eigenvalue weighted by atomic mass is 32.2. The third kappa shape index (κ3) is 10.0. The molecule has 38 heavy (non-hydrogen) atoms. The number of hydrogen-bond acceptors (Lipinski definition) is 6. The smallest absolute Gasteiger partial charge is 0.408 e. The molecule has 1 amide bonds. The first-order valence-corrected chi connectivity index (χ1v) is 15.5. The lowest BCUT2D eigenvalue weighted by atomic mass is 10.1. The van der Waals surface area contributed by atoms with Crippen molar-refractivity contribution in [3.8, 4) is 0 Å². The standard InChI is InChI=1S/C29H34NO6PS/c1-2-35-28(31)26(22-38-21-25-16-10-5-11-17-25)20-37(33,34)27(18-23-12-6-3-7-13-23)30-29(32)36-19-24-14-8-4-9-15-24/h3-17,26-27H,2,18-22H2,1H3,(H,30,32)(H,33,34). The Labute approximate surface area is 228 Å². The minimum absolute atomic E-state index is 0.0298. The van der Waals surface area contributed by atoms with E-state index >= 15 is 0 Å². The van der Waals surface area contributed by atoms with Gasteiger partial charge in [0.05, 0.1) is 12.5 Å². The molecule has 0 bridgehead atoms. The average molecular weight is 556 g/mol. The number of ether oxygens (including phenoxy) is 2. The number of rotatable bonds is 14. The zero-order valence-electron chi connectivity index (χ0n) is 21.4. The summed E-state index contributed by atoms with van der Waals surface area (Å²) in [7, 11) is -4.09. The van der Waals surface area contributed by atoms with Gasteiger partial charge in [-0.15, -0.1) is 0 Å². The molecular weight excluding hydrogens is 521 g/mol. The molecule has 3 unspecified atom stereocenters. The van der Waals surface area contributed by atoms with Crippen LogP contribution in [0.25, 0.3) is 0 Å². The first-order chi connectivity index (χ1) is 18.4. The fourth-order valence-corrected chi connectivity index (χ4v) is 7.05. The van der Waals surface area contributed by atoms with Crippen molar-refractivity contribution < 1.29 is 28.5 Å². The Balaban J connectivity index is 1.71. The Morgan fingerprint density at radius 2 is 1.42 bits per heavy atom. The molecule has 202 valence electrons. The third-order valence-electron chi connectivity index (χ3n) is 5.79. The highest BCUT2D eigenvalue weighted by molar-refractivity contribution is 7.98. The zero-order chi connectivity index (χ0) is 27.2. The second-order valence-electron chi connectivity index (χ2n) is 8.80. The van der Waals surface area contributed by atoms with Crippen molar-refractivity contribution in [1.29, 1.82) is 0 Å². The van der Waals surface area contributed by atoms with Crippen LogP contribution in [0.4, 0.5) is 4.79 Å². The average Bonchev–Trinajstić information content (AvgIpc) is 2.93. The lowest BCUT2D eigenvalue weighted by Crippen LogP contribution is -2.39. The van der Waals surface area contributed by atoms with Gasteiger partial charge in [0.15, 0.2) is 0 Å². The number of amides is 1. The SMILES string of the molecule is CCOC(=O)C(CSCc1ccccc1)CP(=O)(O)C(Cc1ccccc1)NC(=O)OCc1ccccc1. The molecule has 0 heterocycles. The molecule has 0 saturated carbocycles. The molecule has 9 heteroatoms. The van der Waals surface area contributed by atoms with Gasteiger partial charge < -0.3 is 19.7 Å². The van der Waals surface area contributed by atoms with E-state index in [0.29, 0.717) is 11.5 Å². The number of esters is 1. The maximum atomic E-state index is 13.7. The summed E-state index contributed by atoms with van der Waals surface area (Å²) >= 11 is 1.50. The van der Waals surface area contributed by atoms with E-state index in [0.717, 1.165) is 16.7 Å². The normalized spacial score (nSPS) is 14.1. The fourth-order valence-electron chi connectivity index (χ4n) is 3.82. The summed E-state index contributed by atoms with van der Waals surface area (Å²) in [6.07, 6.45) is -0.999. The number of hydrogen-bond donors (Lipinski definition) is 2. The van der Waals surface area contributed by atoms with Gasteiger partial charge in [-0.1, -0.05) is 91.0 Å². The Morgan fingerprint density at radius 1 is 0.868 bits per heavy atom. The number of alkyl carbamates (subject to hydrolysis) is 1. The van der Waals surface area contributed by atoms with Crippen LogP contribution in [0.15, 0.2) is 91.0 Å². The number of nitrogens with one attached hydrogen (secondary N) is 1. The summed E-state index contributed by atoms with van der Waals surface area (Å²) in [5.41, 5.74) is 2.67. The quantitative estimate of drug-likeness (QED) is 0.190. The van der Waals surface area contributed by atoms with Crippen molar-refractivity contribution in [2.45, 2.75) is 31.5 Å². The Hall–Kier alpha value is -3.06. The molecule has 3 aromatic rings. The van der Waals surface area contributed by atoms with Crippen LogP contribution in [0.5, 0.6) is 0 Å². The summed E-state index contributed by atoms with van der Waals surface area (Å²) in [6.45, 7) is 1.90. The summed E-state index contributed by atoms with van der Waals surface area (Å²) in [4.78, 5) is 36.6. The number of carbonyl (C=O) groups is 2. The first-order valence-electron chi connectivity index (χ1n) is 12.5. The maximum Gasteiger partial charge on any atom is 0.408 e. The highest BCUT2D eigenvalue weighted by Gasteiger charge is 2.38. The monoisotopic (exact) mass is 555 g/mol. The van der Waals surface area contributed by atoms with Gasteiger partial charge in [-0.2, -0.15) is 11.8 Å². The lowest BCUT2D eigenvalue weighted by Gasteiger charge is -2.27. The van der Waals surface area contributed by atoms with E-state index < -0.39 is 31.1 Å². The lowest BCUT2D eigenvalue weighted by molar-refractivity contribution is -0.146. The molecule has 0 spiro atoms. The van der Waals surface area contributed by atoms with E-state index in [-0.39, 0.29) is 25.8 Å². The van der Waals surface area contributed by atoms with Crippen molar-refractivity contribution in [3.05, 3.63) is 108 Å². The van der Waals surface area contributed by atoms with Gasteiger partial charge in [-0.25, -0.2) is 4.79 Å². The van der Waals surface area contributed by atoms with Crippen LogP contribution < -0.4 is 5.32 Å². The largest absolute Gasteiger partial charge is 0.466 e. The van der Waals surface area contributed by atoms with Crippen LogP contribution in [0.2, 0.25) is 0 Å². The van der Waals surface area contributed by atoms with Crippen LogP contribution in [0.3, 0.4) is 0 Å². The second-order valence-corrected chi connectivity index (χ2v) is 12.3. The molecule has 0 fully saturated rings. The highest BCUT2D eigenvalue weighted by Crippen LogP contribution is 2.48. The first kappa shape index (κ1) is 29.5.